The minimum Gasteiger partial charge on any atom is -0.467 e. The zero-order chi connectivity index (χ0) is 11.7. The minimum atomic E-state index is -0.465. The summed E-state index contributed by atoms with van der Waals surface area (Å²) in [6.07, 6.45) is 0.500. The van der Waals surface area contributed by atoms with Crippen LogP contribution in [0.15, 0.2) is 18.2 Å². The second kappa shape index (κ2) is 3.80. The van der Waals surface area contributed by atoms with Crippen LogP contribution in [0.2, 0.25) is 0 Å². The number of nitro groups is 1. The third kappa shape index (κ3) is 1.69. The summed E-state index contributed by atoms with van der Waals surface area (Å²) in [6.45, 7) is 0. The molecule has 0 amide bonds. The van der Waals surface area contributed by atoms with E-state index in [1.807, 2.05) is 0 Å². The average Bonchev–Trinajstić information content (AvgIpc) is 2.70. The van der Waals surface area contributed by atoms with Gasteiger partial charge in [-0.15, -0.1) is 0 Å². The van der Waals surface area contributed by atoms with E-state index in [2.05, 4.69) is 10.1 Å². The molecule has 6 nitrogen and oxygen atoms in total. The molecule has 6 heteroatoms. The summed E-state index contributed by atoms with van der Waals surface area (Å²) in [5.74, 6) is -0.362. The maximum Gasteiger partial charge on any atom is 0.328 e. The molecule has 0 bridgehead atoms. The topological polar surface area (TPSA) is 81.5 Å². The van der Waals surface area contributed by atoms with E-state index in [0.717, 1.165) is 5.56 Å². The Hall–Kier alpha value is -2.11. The third-order valence-electron chi connectivity index (χ3n) is 2.54. The highest BCUT2D eigenvalue weighted by Gasteiger charge is 2.28. The number of non-ortho nitro benzene ring substituents is 1. The largest absolute Gasteiger partial charge is 0.467 e. The van der Waals surface area contributed by atoms with E-state index in [4.69, 9.17) is 0 Å². The highest BCUT2D eigenvalue weighted by Crippen LogP contribution is 2.29. The molecule has 1 aromatic carbocycles. The summed E-state index contributed by atoms with van der Waals surface area (Å²) in [5.41, 5.74) is 1.53. The van der Waals surface area contributed by atoms with Gasteiger partial charge in [-0.2, -0.15) is 0 Å². The van der Waals surface area contributed by atoms with E-state index < -0.39 is 11.0 Å². The first-order valence-electron chi connectivity index (χ1n) is 4.73. The molecule has 0 aliphatic carbocycles. The van der Waals surface area contributed by atoms with Crippen molar-refractivity contribution in [2.24, 2.45) is 0 Å². The number of benzene rings is 1. The van der Waals surface area contributed by atoms with Gasteiger partial charge in [0, 0.05) is 24.2 Å². The van der Waals surface area contributed by atoms with Gasteiger partial charge in [-0.1, -0.05) is 6.07 Å². The van der Waals surface area contributed by atoms with Crippen LogP contribution < -0.4 is 5.32 Å². The van der Waals surface area contributed by atoms with Crippen LogP contribution in [0.25, 0.3) is 0 Å². The van der Waals surface area contributed by atoms with Crippen molar-refractivity contribution in [2.45, 2.75) is 12.5 Å². The number of nitro benzene ring substituents is 1. The number of esters is 1. The zero-order valence-electron chi connectivity index (χ0n) is 8.60. The Labute approximate surface area is 91.4 Å². The summed E-state index contributed by atoms with van der Waals surface area (Å²) in [6, 6.07) is 4.07. The SMILES string of the molecule is COC(=O)C1Cc2ccc([N+](=O)[O-])cc2N1. The molecule has 0 spiro atoms. The number of methoxy groups -OCH3 is 1. The number of carbonyl (C=O) groups is 1. The van der Waals surface area contributed by atoms with Gasteiger partial charge in [0.05, 0.1) is 12.0 Å². The first-order valence-corrected chi connectivity index (χ1v) is 4.73. The number of nitrogens with one attached hydrogen (secondary N) is 1. The van der Waals surface area contributed by atoms with Crippen LogP contribution >= 0.6 is 0 Å². The van der Waals surface area contributed by atoms with Crippen molar-refractivity contribution in [1.29, 1.82) is 0 Å². The number of rotatable bonds is 2. The quantitative estimate of drug-likeness (QED) is 0.460. The molecule has 1 aromatic rings. The molecule has 0 fully saturated rings. The Morgan fingerprint density at radius 1 is 1.62 bits per heavy atom. The molecule has 0 aromatic heterocycles. The van der Waals surface area contributed by atoms with Crippen molar-refractivity contribution in [3.8, 4) is 0 Å². The first-order chi connectivity index (χ1) is 7.61. The molecular formula is C10H10N2O4. The van der Waals surface area contributed by atoms with E-state index in [0.29, 0.717) is 12.1 Å². The molecular weight excluding hydrogens is 212 g/mol. The fourth-order valence-electron chi connectivity index (χ4n) is 1.73. The van der Waals surface area contributed by atoms with Crippen molar-refractivity contribution in [3.63, 3.8) is 0 Å². The average molecular weight is 222 g/mol. The summed E-state index contributed by atoms with van der Waals surface area (Å²) in [5, 5.41) is 13.5. The van der Waals surface area contributed by atoms with Crippen LogP contribution in [-0.4, -0.2) is 24.0 Å². The van der Waals surface area contributed by atoms with Gasteiger partial charge in [0.2, 0.25) is 0 Å². The molecule has 1 unspecified atom stereocenters. The van der Waals surface area contributed by atoms with E-state index in [1.54, 1.807) is 6.07 Å². The zero-order valence-corrected chi connectivity index (χ0v) is 8.60. The van der Waals surface area contributed by atoms with E-state index in [9.17, 15) is 14.9 Å². The third-order valence-corrected chi connectivity index (χ3v) is 2.54. The normalized spacial score (nSPS) is 17.4. The van der Waals surface area contributed by atoms with E-state index >= 15 is 0 Å². The summed E-state index contributed by atoms with van der Waals surface area (Å²) >= 11 is 0. The highest BCUT2D eigenvalue weighted by atomic mass is 16.6. The molecule has 1 N–H and O–H groups in total. The Kier molecular flexibility index (Phi) is 2.47. The minimum absolute atomic E-state index is 0.0109. The van der Waals surface area contributed by atoms with Crippen molar-refractivity contribution < 1.29 is 14.5 Å². The van der Waals surface area contributed by atoms with Crippen LogP contribution in [0.3, 0.4) is 0 Å². The lowest BCUT2D eigenvalue weighted by Gasteiger charge is -2.07. The van der Waals surface area contributed by atoms with Gasteiger partial charge in [-0.25, -0.2) is 4.79 Å². The molecule has 0 radical (unpaired) electrons. The fraction of sp³-hybridized carbons (Fsp3) is 0.300. The Bertz CT molecular complexity index is 458. The van der Waals surface area contributed by atoms with Crippen molar-refractivity contribution in [3.05, 3.63) is 33.9 Å². The number of nitrogens with zero attached hydrogens (tertiary/aromatic N) is 1. The Morgan fingerprint density at radius 2 is 2.38 bits per heavy atom. The first kappa shape index (κ1) is 10.4. The molecule has 84 valence electrons. The van der Waals surface area contributed by atoms with Crippen LogP contribution in [0.5, 0.6) is 0 Å². The standard InChI is InChI=1S/C10H10N2O4/c1-16-10(13)9-4-6-2-3-7(12(14)15)5-8(6)11-9/h2-3,5,9,11H,4H2,1H3. The van der Waals surface area contributed by atoms with Gasteiger partial charge >= 0.3 is 5.97 Å². The summed E-state index contributed by atoms with van der Waals surface area (Å²) in [7, 11) is 1.31. The molecule has 1 heterocycles. The van der Waals surface area contributed by atoms with Gasteiger partial charge < -0.3 is 10.1 Å². The lowest BCUT2D eigenvalue weighted by atomic mass is 10.1. The van der Waals surface area contributed by atoms with Crippen molar-refractivity contribution in [1.82, 2.24) is 0 Å². The van der Waals surface area contributed by atoms with Gasteiger partial charge in [-0.05, 0) is 5.56 Å². The molecule has 1 aliphatic rings. The molecule has 16 heavy (non-hydrogen) atoms. The van der Waals surface area contributed by atoms with Gasteiger partial charge in [-0.3, -0.25) is 10.1 Å². The molecule has 1 atom stereocenters. The smallest absolute Gasteiger partial charge is 0.328 e. The van der Waals surface area contributed by atoms with Crippen LogP contribution in [-0.2, 0) is 16.0 Å². The highest BCUT2D eigenvalue weighted by molar-refractivity contribution is 5.83. The van der Waals surface area contributed by atoms with Crippen LogP contribution in [0.1, 0.15) is 5.56 Å². The second-order valence-corrected chi connectivity index (χ2v) is 3.52. The fourth-order valence-corrected chi connectivity index (χ4v) is 1.73. The predicted molar refractivity (Wildman–Crippen MR) is 56.2 cm³/mol. The van der Waals surface area contributed by atoms with Crippen molar-refractivity contribution in [2.75, 3.05) is 12.4 Å². The number of ether oxygens (including phenoxy) is 1. The number of hydrogen-bond acceptors (Lipinski definition) is 5. The maximum absolute atomic E-state index is 11.3. The van der Waals surface area contributed by atoms with Gasteiger partial charge in [0.15, 0.2) is 0 Å². The lowest BCUT2D eigenvalue weighted by Crippen LogP contribution is -2.27. The molecule has 0 saturated carbocycles. The maximum atomic E-state index is 11.3. The van der Waals surface area contributed by atoms with Crippen LogP contribution in [0.4, 0.5) is 11.4 Å². The molecule has 1 aliphatic heterocycles. The number of hydrogen-bond donors (Lipinski definition) is 1. The monoisotopic (exact) mass is 222 g/mol. The van der Waals surface area contributed by atoms with Crippen molar-refractivity contribution >= 4 is 17.3 Å². The summed E-state index contributed by atoms with van der Waals surface area (Å²) in [4.78, 5) is 21.4. The summed E-state index contributed by atoms with van der Waals surface area (Å²) < 4.78 is 4.61. The van der Waals surface area contributed by atoms with E-state index in [-0.39, 0.29) is 11.7 Å². The number of carbonyl (C=O) groups excluding carboxylic acids is 1. The second-order valence-electron chi connectivity index (χ2n) is 3.52. The van der Waals surface area contributed by atoms with Gasteiger partial charge in [0.1, 0.15) is 6.04 Å². The predicted octanol–water partition coefficient (Wildman–Crippen LogP) is 1.10. The number of fused-ring (bicyclic) bond motifs is 1. The van der Waals surface area contributed by atoms with E-state index in [1.165, 1.54) is 19.2 Å². The molecule has 0 saturated heterocycles. The number of anilines is 1. The Balaban J connectivity index is 2.24. The van der Waals surface area contributed by atoms with Gasteiger partial charge in [0.25, 0.3) is 5.69 Å². The Morgan fingerprint density at radius 3 is 3.00 bits per heavy atom. The lowest BCUT2D eigenvalue weighted by molar-refractivity contribution is -0.384. The molecule has 2 rings (SSSR count). The van der Waals surface area contributed by atoms with Crippen LogP contribution in [0, 0.1) is 10.1 Å².